The molecule has 2 amide bonds. The molecule has 94 valence electrons. The molecular formula is C13H11BrClNO2. The molecule has 0 bridgehead atoms. The van der Waals surface area contributed by atoms with Crippen LogP contribution >= 0.6 is 27.5 Å². The van der Waals surface area contributed by atoms with Crippen LogP contribution in [0, 0.1) is 11.8 Å². The molecule has 1 aromatic rings. The van der Waals surface area contributed by atoms with Gasteiger partial charge in [0.05, 0.1) is 27.0 Å². The zero-order chi connectivity index (χ0) is 12.9. The highest BCUT2D eigenvalue weighted by atomic mass is 79.9. The number of nitrogens with zero attached hydrogens (tertiary/aromatic N) is 1. The molecule has 1 aliphatic heterocycles. The maximum Gasteiger partial charge on any atom is 0.237 e. The van der Waals surface area contributed by atoms with E-state index < -0.39 is 0 Å². The molecule has 1 heterocycles. The van der Waals surface area contributed by atoms with Crippen LogP contribution in [-0.2, 0) is 9.59 Å². The highest BCUT2D eigenvalue weighted by Crippen LogP contribution is 2.44. The lowest BCUT2D eigenvalue weighted by Crippen LogP contribution is -2.31. The van der Waals surface area contributed by atoms with Crippen LogP contribution in [0.15, 0.2) is 22.7 Å². The molecular weight excluding hydrogens is 318 g/mol. The highest BCUT2D eigenvalue weighted by molar-refractivity contribution is 9.10. The normalized spacial score (nSPS) is 26.9. The van der Waals surface area contributed by atoms with Crippen molar-refractivity contribution in [1.29, 1.82) is 0 Å². The first-order chi connectivity index (χ1) is 8.61. The lowest BCUT2D eigenvalue weighted by molar-refractivity contribution is -0.122. The Balaban J connectivity index is 2.05. The number of hydrogen-bond acceptors (Lipinski definition) is 2. The largest absolute Gasteiger partial charge is 0.274 e. The molecule has 2 fully saturated rings. The quantitative estimate of drug-likeness (QED) is 0.741. The Kier molecular flexibility index (Phi) is 2.94. The van der Waals surface area contributed by atoms with Gasteiger partial charge < -0.3 is 0 Å². The minimum atomic E-state index is -0.122. The Bertz CT molecular complexity index is 524. The monoisotopic (exact) mass is 327 g/mol. The molecule has 1 aromatic carbocycles. The van der Waals surface area contributed by atoms with Crippen LogP contribution in [0.25, 0.3) is 0 Å². The number of rotatable bonds is 1. The highest BCUT2D eigenvalue weighted by Gasteiger charge is 2.50. The van der Waals surface area contributed by atoms with Crippen molar-refractivity contribution in [2.75, 3.05) is 4.90 Å². The molecule has 2 aliphatic rings. The van der Waals surface area contributed by atoms with E-state index in [4.69, 9.17) is 11.6 Å². The van der Waals surface area contributed by atoms with Crippen molar-refractivity contribution in [3.8, 4) is 0 Å². The number of carbonyl (C=O) groups excluding carboxylic acids is 2. The Morgan fingerprint density at radius 3 is 2.39 bits per heavy atom. The molecule has 1 saturated heterocycles. The summed E-state index contributed by atoms with van der Waals surface area (Å²) in [5, 5.41) is 0.505. The van der Waals surface area contributed by atoms with Gasteiger partial charge in [0.2, 0.25) is 11.8 Å². The molecule has 2 atom stereocenters. The van der Waals surface area contributed by atoms with E-state index >= 15 is 0 Å². The number of hydrogen-bond donors (Lipinski definition) is 0. The average Bonchev–Trinajstić information content (AvgIpc) is 2.90. The molecule has 3 rings (SSSR count). The van der Waals surface area contributed by atoms with E-state index in [0.29, 0.717) is 15.2 Å². The first kappa shape index (κ1) is 12.2. The third kappa shape index (κ3) is 1.62. The van der Waals surface area contributed by atoms with Crippen LogP contribution in [0.4, 0.5) is 5.69 Å². The molecule has 1 aliphatic carbocycles. The number of carbonyl (C=O) groups is 2. The molecule has 18 heavy (non-hydrogen) atoms. The van der Waals surface area contributed by atoms with Crippen LogP contribution in [0.1, 0.15) is 19.3 Å². The summed E-state index contributed by atoms with van der Waals surface area (Å²) in [5.41, 5.74) is 0.562. The summed E-state index contributed by atoms with van der Waals surface area (Å²) < 4.78 is 0.605. The van der Waals surface area contributed by atoms with Crippen molar-refractivity contribution in [2.45, 2.75) is 19.3 Å². The van der Waals surface area contributed by atoms with Gasteiger partial charge in [-0.1, -0.05) is 24.1 Å². The smallest absolute Gasteiger partial charge is 0.237 e. The van der Waals surface area contributed by atoms with Crippen molar-refractivity contribution in [1.82, 2.24) is 0 Å². The maximum absolute atomic E-state index is 12.3. The number of benzene rings is 1. The minimum Gasteiger partial charge on any atom is -0.274 e. The molecule has 0 N–H and O–H groups in total. The molecule has 3 nitrogen and oxygen atoms in total. The van der Waals surface area contributed by atoms with Crippen LogP contribution < -0.4 is 4.90 Å². The van der Waals surface area contributed by atoms with Gasteiger partial charge in [0.25, 0.3) is 0 Å². The average molecular weight is 329 g/mol. The van der Waals surface area contributed by atoms with Gasteiger partial charge in [0.15, 0.2) is 0 Å². The number of anilines is 1. The molecule has 1 saturated carbocycles. The number of amides is 2. The second-order valence-corrected chi connectivity index (χ2v) is 5.93. The molecule has 0 aromatic heterocycles. The summed E-state index contributed by atoms with van der Waals surface area (Å²) >= 11 is 9.36. The zero-order valence-corrected chi connectivity index (χ0v) is 11.9. The van der Waals surface area contributed by atoms with E-state index in [9.17, 15) is 9.59 Å². The number of halogens is 2. The van der Waals surface area contributed by atoms with Crippen LogP contribution in [0.3, 0.4) is 0 Å². The second-order valence-electron chi connectivity index (χ2n) is 4.73. The molecule has 5 heteroatoms. The lowest BCUT2D eigenvalue weighted by atomic mass is 10.00. The molecule has 0 spiro atoms. The second kappa shape index (κ2) is 4.35. The summed E-state index contributed by atoms with van der Waals surface area (Å²) in [7, 11) is 0. The van der Waals surface area contributed by atoms with Crippen LogP contribution in [0.2, 0.25) is 5.02 Å². The first-order valence-corrected chi connectivity index (χ1v) is 7.10. The van der Waals surface area contributed by atoms with Crippen molar-refractivity contribution in [3.63, 3.8) is 0 Å². The van der Waals surface area contributed by atoms with Gasteiger partial charge in [-0.2, -0.15) is 0 Å². The third-order valence-electron chi connectivity index (χ3n) is 3.76. The van der Waals surface area contributed by atoms with Crippen LogP contribution in [-0.4, -0.2) is 11.8 Å². The van der Waals surface area contributed by atoms with E-state index in [1.807, 2.05) is 0 Å². The van der Waals surface area contributed by atoms with E-state index in [2.05, 4.69) is 15.9 Å². The Morgan fingerprint density at radius 2 is 1.78 bits per heavy atom. The van der Waals surface area contributed by atoms with Gasteiger partial charge in [-0.25, -0.2) is 4.90 Å². The number of imide groups is 1. The van der Waals surface area contributed by atoms with E-state index in [-0.39, 0.29) is 23.7 Å². The molecule has 0 radical (unpaired) electrons. The predicted octanol–water partition coefficient (Wildman–Crippen LogP) is 3.39. The maximum atomic E-state index is 12.3. The van der Waals surface area contributed by atoms with Gasteiger partial charge in [-0.15, -0.1) is 0 Å². The Morgan fingerprint density at radius 1 is 1.17 bits per heavy atom. The Labute approximate surface area is 118 Å². The lowest BCUT2D eigenvalue weighted by Gasteiger charge is -2.17. The Hall–Kier alpha value is -0.870. The van der Waals surface area contributed by atoms with Gasteiger partial charge in [-0.05, 0) is 40.9 Å². The van der Waals surface area contributed by atoms with Gasteiger partial charge >= 0.3 is 0 Å². The fourth-order valence-electron chi connectivity index (χ4n) is 2.89. The minimum absolute atomic E-state index is 0.0783. The van der Waals surface area contributed by atoms with Gasteiger partial charge in [-0.3, -0.25) is 9.59 Å². The van der Waals surface area contributed by atoms with Gasteiger partial charge in [0.1, 0.15) is 0 Å². The zero-order valence-electron chi connectivity index (χ0n) is 9.53. The van der Waals surface area contributed by atoms with Crippen molar-refractivity contribution < 1.29 is 9.59 Å². The van der Waals surface area contributed by atoms with E-state index in [1.165, 1.54) is 4.90 Å². The van der Waals surface area contributed by atoms with Crippen molar-refractivity contribution >= 4 is 45.0 Å². The fraction of sp³-hybridized carbons (Fsp3) is 0.385. The van der Waals surface area contributed by atoms with Crippen molar-refractivity contribution in [2.24, 2.45) is 11.8 Å². The summed E-state index contributed by atoms with van der Waals surface area (Å²) in [5.74, 6) is -0.400. The molecule has 2 unspecified atom stereocenters. The summed E-state index contributed by atoms with van der Waals surface area (Å²) in [4.78, 5) is 25.9. The summed E-state index contributed by atoms with van der Waals surface area (Å²) in [6.07, 6.45) is 2.62. The predicted molar refractivity (Wildman–Crippen MR) is 72.5 cm³/mol. The van der Waals surface area contributed by atoms with E-state index in [1.54, 1.807) is 18.2 Å². The summed E-state index contributed by atoms with van der Waals surface area (Å²) in [6, 6.07) is 5.21. The topological polar surface area (TPSA) is 37.4 Å². The summed E-state index contributed by atoms with van der Waals surface area (Å²) in [6.45, 7) is 0. The fourth-order valence-corrected chi connectivity index (χ4v) is 3.51. The van der Waals surface area contributed by atoms with Crippen LogP contribution in [0.5, 0.6) is 0 Å². The van der Waals surface area contributed by atoms with Crippen molar-refractivity contribution in [3.05, 3.63) is 27.7 Å². The SMILES string of the molecule is O=C1C2CCCC2C(=O)N1c1cccc(Cl)c1Br. The van der Waals surface area contributed by atoms with E-state index in [0.717, 1.165) is 19.3 Å². The van der Waals surface area contributed by atoms with Gasteiger partial charge in [0, 0.05) is 0 Å². The first-order valence-electron chi connectivity index (χ1n) is 5.93. The number of fused-ring (bicyclic) bond motifs is 1. The third-order valence-corrected chi connectivity index (χ3v) is 5.14. The standard InChI is InChI=1S/C13H11BrClNO2/c14-11-9(15)5-2-6-10(11)16-12(17)7-3-1-4-8(7)13(16)18/h2,5-8H,1,3-4H2.